The van der Waals surface area contributed by atoms with Crippen molar-refractivity contribution >= 4 is 34.5 Å². The van der Waals surface area contributed by atoms with Crippen LogP contribution < -0.4 is 5.32 Å². The number of carbonyl (C=O) groups excluding carboxylic acids is 2. The van der Waals surface area contributed by atoms with Crippen molar-refractivity contribution in [3.63, 3.8) is 0 Å². The normalized spacial score (nSPS) is 11.4. The molecular formula is C20H18N4O4. The van der Waals surface area contributed by atoms with Gasteiger partial charge in [-0.25, -0.2) is 0 Å². The maximum atomic E-state index is 11.9. The van der Waals surface area contributed by atoms with E-state index in [2.05, 4.69) is 22.1 Å². The molecule has 142 valence electrons. The molecule has 3 rings (SSSR count). The average molecular weight is 378 g/mol. The van der Waals surface area contributed by atoms with Gasteiger partial charge < -0.3 is 19.4 Å². The zero-order valence-electron chi connectivity index (χ0n) is 14.9. The number of fused-ring (bicyclic) bond motifs is 1. The Morgan fingerprint density at radius 1 is 1.25 bits per heavy atom. The molecule has 0 fully saturated rings. The van der Waals surface area contributed by atoms with E-state index in [1.807, 2.05) is 12.1 Å². The van der Waals surface area contributed by atoms with Crippen molar-refractivity contribution in [1.82, 2.24) is 9.88 Å². The second kappa shape index (κ2) is 8.63. The van der Waals surface area contributed by atoms with Gasteiger partial charge in [0.15, 0.2) is 5.69 Å². The Bertz CT molecular complexity index is 1060. The summed E-state index contributed by atoms with van der Waals surface area (Å²) in [4.78, 5) is 23.6. The number of rotatable bonds is 7. The molecule has 2 heterocycles. The molecule has 0 atom stereocenters. The first kappa shape index (κ1) is 18.8. The summed E-state index contributed by atoms with van der Waals surface area (Å²) in [7, 11) is 0. The molecule has 0 bridgehead atoms. The van der Waals surface area contributed by atoms with E-state index in [1.54, 1.807) is 34.9 Å². The summed E-state index contributed by atoms with van der Waals surface area (Å²) >= 11 is 0. The summed E-state index contributed by atoms with van der Waals surface area (Å²) in [6, 6.07) is 10.6. The van der Waals surface area contributed by atoms with E-state index in [1.165, 1.54) is 18.4 Å². The number of nitrogens with one attached hydrogen (secondary N) is 1. The summed E-state index contributed by atoms with van der Waals surface area (Å²) in [6.45, 7) is 3.73. The summed E-state index contributed by atoms with van der Waals surface area (Å²) in [6.07, 6.45) is 5.86. The minimum Gasteiger partial charge on any atom is -0.493 e. The number of allylic oxidation sites excluding steroid dienone is 1. The molecule has 0 aliphatic rings. The number of furan rings is 1. The number of azo groups is 1. The monoisotopic (exact) mass is 378 g/mol. The molecule has 8 nitrogen and oxygen atoms in total. The van der Waals surface area contributed by atoms with Gasteiger partial charge in [0.05, 0.1) is 11.8 Å². The van der Waals surface area contributed by atoms with E-state index >= 15 is 0 Å². The van der Waals surface area contributed by atoms with Gasteiger partial charge in [-0.15, -0.1) is 16.8 Å². The fraction of sp³-hybridized carbons (Fsp3) is 0.100. The van der Waals surface area contributed by atoms with E-state index in [0.717, 1.165) is 5.52 Å². The van der Waals surface area contributed by atoms with Crippen LogP contribution in [0.5, 0.6) is 5.88 Å². The molecule has 0 spiro atoms. The molecule has 0 aliphatic heterocycles. The van der Waals surface area contributed by atoms with E-state index in [-0.39, 0.29) is 18.1 Å². The number of nitrogens with zero attached hydrogens (tertiary/aromatic N) is 3. The molecular weight excluding hydrogens is 360 g/mol. The Morgan fingerprint density at radius 3 is 2.82 bits per heavy atom. The summed E-state index contributed by atoms with van der Waals surface area (Å²) in [5.41, 5.74) is 0.938. The molecule has 1 aromatic carbocycles. The lowest BCUT2D eigenvalue weighted by Gasteiger charge is -2.01. The van der Waals surface area contributed by atoms with Gasteiger partial charge in [-0.1, -0.05) is 24.3 Å². The van der Waals surface area contributed by atoms with Crippen LogP contribution in [0.4, 0.5) is 5.69 Å². The molecule has 8 heteroatoms. The standard InChI is InChI=1S/C20H18N4O4/c1-2-11-24-16-8-4-3-7-15(16)19(20(24)27)23-22-18(26)13-21-17(25)10-9-14-6-5-12-28-14/h2-10,12,27H,1,11,13H2,(H,21,25)/b10-9+,23-22?. The highest BCUT2D eigenvalue weighted by atomic mass is 16.3. The number of aromatic nitrogens is 1. The van der Waals surface area contributed by atoms with Crippen molar-refractivity contribution in [1.29, 1.82) is 0 Å². The van der Waals surface area contributed by atoms with Crippen LogP contribution in [0.3, 0.4) is 0 Å². The van der Waals surface area contributed by atoms with Crippen LogP contribution in [0.15, 0.2) is 76.0 Å². The van der Waals surface area contributed by atoms with Crippen LogP contribution in [0.25, 0.3) is 17.0 Å². The lowest BCUT2D eigenvalue weighted by atomic mass is 10.2. The zero-order chi connectivity index (χ0) is 19.9. The molecule has 3 aromatic rings. The minimum atomic E-state index is -0.653. The van der Waals surface area contributed by atoms with E-state index in [4.69, 9.17) is 4.42 Å². The average Bonchev–Trinajstić information content (AvgIpc) is 3.31. The highest BCUT2D eigenvalue weighted by molar-refractivity contribution is 5.96. The van der Waals surface area contributed by atoms with Crippen LogP contribution in [0.2, 0.25) is 0 Å². The second-order valence-electron chi connectivity index (χ2n) is 5.75. The molecule has 2 aromatic heterocycles. The van der Waals surface area contributed by atoms with Crippen LogP contribution >= 0.6 is 0 Å². The number of aromatic hydroxyl groups is 1. The first-order valence-corrected chi connectivity index (χ1v) is 8.45. The highest BCUT2D eigenvalue weighted by Crippen LogP contribution is 2.38. The van der Waals surface area contributed by atoms with Crippen molar-refractivity contribution in [2.75, 3.05) is 6.54 Å². The van der Waals surface area contributed by atoms with Gasteiger partial charge in [-0.2, -0.15) is 0 Å². The van der Waals surface area contributed by atoms with Gasteiger partial charge >= 0.3 is 0 Å². The fourth-order valence-electron chi connectivity index (χ4n) is 2.59. The van der Waals surface area contributed by atoms with Gasteiger partial charge in [0.25, 0.3) is 5.91 Å². The van der Waals surface area contributed by atoms with Gasteiger partial charge in [-0.3, -0.25) is 9.59 Å². The van der Waals surface area contributed by atoms with E-state index in [9.17, 15) is 14.7 Å². The number of benzene rings is 1. The van der Waals surface area contributed by atoms with Crippen molar-refractivity contribution < 1.29 is 19.1 Å². The third kappa shape index (κ3) is 4.24. The lowest BCUT2D eigenvalue weighted by molar-refractivity contribution is -0.122. The molecule has 2 amide bonds. The molecule has 0 radical (unpaired) electrons. The number of hydrogen-bond donors (Lipinski definition) is 2. The summed E-state index contributed by atoms with van der Waals surface area (Å²) in [5, 5.41) is 20.9. The first-order valence-electron chi connectivity index (χ1n) is 8.45. The molecule has 28 heavy (non-hydrogen) atoms. The predicted octanol–water partition coefficient (Wildman–Crippen LogP) is 3.57. The molecule has 2 N–H and O–H groups in total. The maximum absolute atomic E-state index is 11.9. The Hall–Kier alpha value is -3.94. The smallest absolute Gasteiger partial charge is 0.283 e. The Labute approximate surface area is 160 Å². The molecule has 0 saturated carbocycles. The Balaban J connectivity index is 1.66. The largest absolute Gasteiger partial charge is 0.493 e. The lowest BCUT2D eigenvalue weighted by Crippen LogP contribution is -2.26. The first-order chi connectivity index (χ1) is 13.6. The van der Waals surface area contributed by atoms with Crippen LogP contribution in [0, 0.1) is 0 Å². The van der Waals surface area contributed by atoms with Gasteiger partial charge in [0, 0.05) is 18.0 Å². The Kier molecular flexibility index (Phi) is 5.81. The maximum Gasteiger partial charge on any atom is 0.283 e. The van der Waals surface area contributed by atoms with Gasteiger partial charge in [-0.05, 0) is 24.3 Å². The predicted molar refractivity (Wildman–Crippen MR) is 104 cm³/mol. The number of hydrogen-bond acceptors (Lipinski definition) is 5. The Morgan fingerprint density at radius 2 is 2.07 bits per heavy atom. The van der Waals surface area contributed by atoms with E-state index in [0.29, 0.717) is 17.7 Å². The summed E-state index contributed by atoms with van der Waals surface area (Å²) < 4.78 is 6.68. The topological polar surface area (TPSA) is 109 Å². The second-order valence-corrected chi connectivity index (χ2v) is 5.75. The fourth-order valence-corrected chi connectivity index (χ4v) is 2.59. The number of carbonyl (C=O) groups is 2. The zero-order valence-corrected chi connectivity index (χ0v) is 14.9. The summed E-state index contributed by atoms with van der Waals surface area (Å²) in [5.74, 6) is -0.708. The van der Waals surface area contributed by atoms with Gasteiger partial charge in [0.2, 0.25) is 11.8 Å². The number of amides is 2. The molecule has 0 aliphatic carbocycles. The highest BCUT2D eigenvalue weighted by Gasteiger charge is 2.15. The third-order valence-corrected chi connectivity index (χ3v) is 3.85. The van der Waals surface area contributed by atoms with Crippen LogP contribution in [0.1, 0.15) is 5.76 Å². The molecule has 0 saturated heterocycles. The SMILES string of the molecule is C=CCn1c(O)c(N=NC(=O)CNC(=O)/C=C/c2ccco2)c2ccccc21. The molecule has 0 unspecified atom stereocenters. The minimum absolute atomic E-state index is 0.108. The van der Waals surface area contributed by atoms with E-state index < -0.39 is 11.8 Å². The third-order valence-electron chi connectivity index (χ3n) is 3.85. The van der Waals surface area contributed by atoms with Crippen molar-refractivity contribution in [2.45, 2.75) is 6.54 Å². The van der Waals surface area contributed by atoms with Crippen molar-refractivity contribution in [3.8, 4) is 5.88 Å². The van der Waals surface area contributed by atoms with Crippen LogP contribution in [-0.2, 0) is 16.1 Å². The van der Waals surface area contributed by atoms with Crippen LogP contribution in [-0.4, -0.2) is 28.0 Å². The van der Waals surface area contributed by atoms with Gasteiger partial charge in [0.1, 0.15) is 12.3 Å². The number of para-hydroxylation sites is 1. The van der Waals surface area contributed by atoms with Crippen molar-refractivity contribution in [3.05, 3.63) is 67.2 Å². The quantitative estimate of drug-likeness (QED) is 0.372. The van der Waals surface area contributed by atoms with Crippen molar-refractivity contribution in [2.24, 2.45) is 10.2 Å².